The summed E-state index contributed by atoms with van der Waals surface area (Å²) < 4.78 is 0. The number of amides is 3. The molecule has 0 radical (unpaired) electrons. The summed E-state index contributed by atoms with van der Waals surface area (Å²) in [5, 5.41) is 8.54. The zero-order chi connectivity index (χ0) is 23.5. The molecule has 0 aromatic heterocycles. The average molecular weight is 529 g/mol. The zero-order valence-corrected chi connectivity index (χ0v) is 21.4. The fourth-order valence-electron chi connectivity index (χ4n) is 3.80. The minimum Gasteiger partial charge on any atom is -0.369 e. The normalized spacial score (nSPS) is 13.1. The minimum atomic E-state index is -0.382. The Bertz CT molecular complexity index is 902. The van der Waals surface area contributed by atoms with E-state index in [1.807, 2.05) is 24.3 Å². The van der Waals surface area contributed by atoms with Gasteiger partial charge in [0.15, 0.2) is 0 Å². The van der Waals surface area contributed by atoms with Crippen molar-refractivity contribution in [3.8, 4) is 0 Å². The molecule has 0 atom stereocenters. The molecule has 3 rings (SSSR count). The molecule has 0 aliphatic carbocycles. The first-order valence-corrected chi connectivity index (χ1v) is 12.3. The Morgan fingerprint density at radius 2 is 1.56 bits per heavy atom. The van der Waals surface area contributed by atoms with Crippen LogP contribution in [0.4, 0.5) is 21.9 Å². The minimum absolute atomic E-state index is 0. The first-order valence-electron chi connectivity index (χ1n) is 11.2. The second kappa shape index (κ2) is 14.9. The highest BCUT2D eigenvalue weighted by Crippen LogP contribution is 2.19. The standard InChI is InChI=1S/C24H31Cl2N5O2.ClH/c25-10-15-31(16-11-26)22-8-6-20(7-9-22)28-24(33)29-21-5-3-4-19(18-21)23(32)27-12-17-30-13-1-2-14-30;/h3-9,18H,1-2,10-17H2,(H,27,32)(H2,28,29,33);1H. The number of nitrogens with one attached hydrogen (secondary N) is 3. The number of alkyl halides is 2. The molecule has 2 aromatic rings. The lowest BCUT2D eigenvalue weighted by Crippen LogP contribution is -2.33. The van der Waals surface area contributed by atoms with Crippen molar-refractivity contribution in [1.82, 2.24) is 10.2 Å². The Hall–Kier alpha value is -2.19. The van der Waals surface area contributed by atoms with Crippen molar-refractivity contribution in [3.05, 3.63) is 54.1 Å². The number of rotatable bonds is 11. The zero-order valence-electron chi connectivity index (χ0n) is 19.1. The smallest absolute Gasteiger partial charge is 0.323 e. The van der Waals surface area contributed by atoms with Crippen LogP contribution in [0.3, 0.4) is 0 Å². The van der Waals surface area contributed by atoms with Gasteiger partial charge < -0.3 is 25.8 Å². The number of nitrogens with zero attached hydrogens (tertiary/aromatic N) is 2. The third-order valence-electron chi connectivity index (χ3n) is 5.49. The number of halogens is 3. The van der Waals surface area contributed by atoms with Crippen molar-refractivity contribution in [1.29, 1.82) is 0 Å². The fourth-order valence-corrected chi connectivity index (χ4v) is 4.21. The molecule has 3 amide bonds. The lowest BCUT2D eigenvalue weighted by atomic mass is 10.2. The summed E-state index contributed by atoms with van der Waals surface area (Å²) in [6.07, 6.45) is 2.46. The number of likely N-dealkylation sites (tertiary alicyclic amines) is 1. The molecule has 1 saturated heterocycles. The Kier molecular flexibility index (Phi) is 12.3. The molecule has 3 N–H and O–H groups in total. The van der Waals surface area contributed by atoms with Gasteiger partial charge in [-0.1, -0.05) is 6.07 Å². The van der Waals surface area contributed by atoms with E-state index in [1.165, 1.54) is 12.8 Å². The van der Waals surface area contributed by atoms with E-state index in [0.717, 1.165) is 25.3 Å². The van der Waals surface area contributed by atoms with Crippen molar-refractivity contribution >= 4 is 64.6 Å². The number of carbonyl (C=O) groups is 2. The lowest BCUT2D eigenvalue weighted by molar-refractivity contribution is 0.0949. The summed E-state index contributed by atoms with van der Waals surface area (Å²) in [5.41, 5.74) is 2.71. The Morgan fingerprint density at radius 1 is 0.912 bits per heavy atom. The van der Waals surface area contributed by atoms with Crippen molar-refractivity contribution < 1.29 is 9.59 Å². The molecule has 0 bridgehead atoms. The van der Waals surface area contributed by atoms with Gasteiger partial charge >= 0.3 is 6.03 Å². The van der Waals surface area contributed by atoms with Gasteiger partial charge in [-0.2, -0.15) is 0 Å². The summed E-state index contributed by atoms with van der Waals surface area (Å²) in [4.78, 5) is 29.3. The summed E-state index contributed by atoms with van der Waals surface area (Å²) in [6.45, 7) is 5.08. The first-order chi connectivity index (χ1) is 16.1. The molecule has 0 saturated carbocycles. The van der Waals surface area contributed by atoms with Gasteiger partial charge in [0.1, 0.15) is 0 Å². The fraction of sp³-hybridized carbons (Fsp3) is 0.417. The maximum atomic E-state index is 12.4. The SMILES string of the molecule is Cl.O=C(Nc1ccc(N(CCCl)CCCl)cc1)Nc1cccc(C(=O)NCCN2CCCC2)c1. The monoisotopic (exact) mass is 527 g/mol. The summed E-state index contributed by atoms with van der Waals surface area (Å²) >= 11 is 11.7. The second-order valence-corrected chi connectivity index (χ2v) is 8.63. The number of urea groups is 1. The number of hydrogen-bond acceptors (Lipinski definition) is 4. The van der Waals surface area contributed by atoms with Crippen molar-refractivity contribution in [2.24, 2.45) is 0 Å². The highest BCUT2D eigenvalue weighted by Gasteiger charge is 2.12. The van der Waals surface area contributed by atoms with Crippen LogP contribution in [0.25, 0.3) is 0 Å². The Balaban J connectivity index is 0.00000408. The number of benzene rings is 2. The molecule has 1 aliphatic rings. The first kappa shape index (κ1) is 28.1. The molecule has 2 aromatic carbocycles. The number of anilines is 3. The molecule has 10 heteroatoms. The van der Waals surface area contributed by atoms with E-state index in [0.29, 0.717) is 48.3 Å². The third-order valence-corrected chi connectivity index (χ3v) is 5.83. The summed E-state index contributed by atoms with van der Waals surface area (Å²) in [7, 11) is 0. The average Bonchev–Trinajstić information content (AvgIpc) is 3.33. The van der Waals surface area contributed by atoms with E-state index < -0.39 is 0 Å². The topological polar surface area (TPSA) is 76.7 Å². The van der Waals surface area contributed by atoms with Gasteiger partial charge in [0.05, 0.1) is 0 Å². The molecule has 186 valence electrons. The van der Waals surface area contributed by atoms with Crippen molar-refractivity contribution in [2.75, 3.05) is 66.6 Å². The van der Waals surface area contributed by atoms with Gasteiger partial charge in [-0.05, 0) is 68.4 Å². The number of hydrogen-bond donors (Lipinski definition) is 3. The number of carbonyl (C=O) groups excluding carboxylic acids is 2. The van der Waals surface area contributed by atoms with Crippen LogP contribution in [0.1, 0.15) is 23.2 Å². The molecule has 0 unspecified atom stereocenters. The highest BCUT2D eigenvalue weighted by atomic mass is 35.5. The molecule has 0 spiro atoms. The van der Waals surface area contributed by atoms with Crippen LogP contribution < -0.4 is 20.9 Å². The molecule has 7 nitrogen and oxygen atoms in total. The van der Waals surface area contributed by atoms with Crippen molar-refractivity contribution in [2.45, 2.75) is 12.8 Å². The van der Waals surface area contributed by atoms with E-state index in [9.17, 15) is 9.59 Å². The predicted molar refractivity (Wildman–Crippen MR) is 144 cm³/mol. The quantitative estimate of drug-likeness (QED) is 0.364. The van der Waals surface area contributed by atoms with Gasteiger partial charge in [0.2, 0.25) is 0 Å². The van der Waals surface area contributed by atoms with Gasteiger partial charge in [-0.15, -0.1) is 35.6 Å². The Morgan fingerprint density at radius 3 is 2.21 bits per heavy atom. The molecule has 1 aliphatic heterocycles. The van der Waals surface area contributed by atoms with Crippen LogP contribution >= 0.6 is 35.6 Å². The van der Waals surface area contributed by atoms with Crippen LogP contribution in [0.5, 0.6) is 0 Å². The molecule has 34 heavy (non-hydrogen) atoms. The summed E-state index contributed by atoms with van der Waals surface area (Å²) in [6, 6.07) is 14.0. The van der Waals surface area contributed by atoms with Gasteiger partial charge in [-0.25, -0.2) is 4.79 Å². The Labute approximate surface area is 217 Å². The van der Waals surface area contributed by atoms with Gasteiger partial charge in [-0.3, -0.25) is 4.79 Å². The van der Waals surface area contributed by atoms with Crippen LogP contribution in [-0.2, 0) is 0 Å². The van der Waals surface area contributed by atoms with Crippen LogP contribution in [0.15, 0.2) is 48.5 Å². The predicted octanol–water partition coefficient (Wildman–Crippen LogP) is 4.86. The van der Waals surface area contributed by atoms with Crippen LogP contribution in [0, 0.1) is 0 Å². The van der Waals surface area contributed by atoms with Crippen molar-refractivity contribution in [3.63, 3.8) is 0 Å². The van der Waals surface area contributed by atoms with E-state index in [2.05, 4.69) is 25.8 Å². The largest absolute Gasteiger partial charge is 0.369 e. The molecule has 1 heterocycles. The van der Waals surface area contributed by atoms with E-state index >= 15 is 0 Å². The highest BCUT2D eigenvalue weighted by molar-refractivity contribution is 6.18. The van der Waals surface area contributed by atoms with Crippen LogP contribution in [0.2, 0.25) is 0 Å². The maximum absolute atomic E-state index is 12.4. The van der Waals surface area contributed by atoms with E-state index in [4.69, 9.17) is 23.2 Å². The van der Waals surface area contributed by atoms with E-state index in [1.54, 1.807) is 24.3 Å². The molecule has 1 fully saturated rings. The third kappa shape index (κ3) is 8.87. The molecular weight excluding hydrogens is 497 g/mol. The van der Waals surface area contributed by atoms with E-state index in [-0.39, 0.29) is 24.3 Å². The maximum Gasteiger partial charge on any atom is 0.323 e. The summed E-state index contributed by atoms with van der Waals surface area (Å²) in [5.74, 6) is 0.871. The van der Waals surface area contributed by atoms with Gasteiger partial charge in [0.25, 0.3) is 5.91 Å². The molecular formula is C24H32Cl3N5O2. The van der Waals surface area contributed by atoms with Gasteiger partial charge in [0, 0.05) is 60.6 Å². The second-order valence-electron chi connectivity index (χ2n) is 7.88. The van der Waals surface area contributed by atoms with Crippen LogP contribution in [-0.4, -0.2) is 67.9 Å². The lowest BCUT2D eigenvalue weighted by Gasteiger charge is -2.23.